The molecule has 0 saturated heterocycles. The second kappa shape index (κ2) is 6.68. The number of esters is 1. The molecule has 26 heavy (non-hydrogen) atoms. The Morgan fingerprint density at radius 2 is 2.08 bits per heavy atom. The van der Waals surface area contributed by atoms with Gasteiger partial charge < -0.3 is 9.15 Å². The van der Waals surface area contributed by atoms with Gasteiger partial charge in [-0.2, -0.15) is 0 Å². The Balaban J connectivity index is 1.49. The third-order valence-electron chi connectivity index (χ3n) is 4.96. The van der Waals surface area contributed by atoms with Crippen molar-refractivity contribution in [1.82, 2.24) is 4.98 Å². The largest absolute Gasteiger partial charge is 0.458 e. The Morgan fingerprint density at radius 1 is 1.31 bits per heavy atom. The zero-order valence-electron chi connectivity index (χ0n) is 14.3. The van der Waals surface area contributed by atoms with Gasteiger partial charge in [0.15, 0.2) is 0 Å². The number of carbonyl (C=O) groups is 1. The summed E-state index contributed by atoms with van der Waals surface area (Å²) in [7, 11) is 0. The van der Waals surface area contributed by atoms with Gasteiger partial charge in [0.05, 0.1) is 10.3 Å². The summed E-state index contributed by atoms with van der Waals surface area (Å²) < 4.78 is 24.5. The Kier molecular flexibility index (Phi) is 4.36. The summed E-state index contributed by atoms with van der Waals surface area (Å²) in [6.07, 6.45) is 2.39. The first kappa shape index (κ1) is 17.0. The van der Waals surface area contributed by atoms with Crippen LogP contribution in [0.4, 0.5) is 4.39 Å². The fourth-order valence-corrected chi connectivity index (χ4v) is 3.90. The van der Waals surface area contributed by atoms with Crippen LogP contribution in [0.25, 0.3) is 10.8 Å². The van der Waals surface area contributed by atoms with Gasteiger partial charge in [-0.05, 0) is 48.9 Å². The number of hydrogen-bond acceptors (Lipinski definition) is 5. The van der Waals surface area contributed by atoms with E-state index in [1.807, 2.05) is 24.4 Å². The van der Waals surface area contributed by atoms with Crippen LogP contribution in [0.15, 0.2) is 46.2 Å². The van der Waals surface area contributed by atoms with Crippen molar-refractivity contribution in [2.75, 3.05) is 0 Å². The number of benzene rings is 1. The fourth-order valence-electron chi connectivity index (χ4n) is 3.25. The minimum Gasteiger partial charge on any atom is -0.458 e. The van der Waals surface area contributed by atoms with Crippen LogP contribution in [0.2, 0.25) is 0 Å². The lowest BCUT2D eigenvalue weighted by Gasteiger charge is -2.39. The number of hydrogen-bond donors (Lipinski definition) is 0. The molecule has 4 nitrogen and oxygen atoms in total. The van der Waals surface area contributed by atoms with Crippen LogP contribution in [0.5, 0.6) is 0 Å². The number of nitrogens with zero attached hydrogens (tertiary/aromatic N) is 1. The van der Waals surface area contributed by atoms with Gasteiger partial charge in [0.1, 0.15) is 23.9 Å². The van der Waals surface area contributed by atoms with Crippen molar-refractivity contribution in [3.05, 3.63) is 64.6 Å². The van der Waals surface area contributed by atoms with E-state index in [-0.39, 0.29) is 18.4 Å². The first-order chi connectivity index (χ1) is 12.6. The SMILES string of the molecule is Cc1oc(-c2cccs2)nc1COC(=O)C1(c2ccc(F)cc2)CCC1. The molecule has 0 amide bonds. The quantitative estimate of drug-likeness (QED) is 0.591. The molecule has 1 aliphatic carbocycles. The molecule has 0 aliphatic heterocycles. The van der Waals surface area contributed by atoms with Gasteiger partial charge in [-0.3, -0.25) is 4.79 Å². The van der Waals surface area contributed by atoms with Crippen molar-refractivity contribution >= 4 is 17.3 Å². The second-order valence-corrected chi connectivity index (χ2v) is 7.47. The topological polar surface area (TPSA) is 52.3 Å². The van der Waals surface area contributed by atoms with Crippen molar-refractivity contribution in [2.45, 2.75) is 38.2 Å². The highest BCUT2D eigenvalue weighted by Gasteiger charge is 2.47. The molecule has 1 aliphatic rings. The monoisotopic (exact) mass is 371 g/mol. The van der Waals surface area contributed by atoms with E-state index in [1.54, 1.807) is 23.5 Å². The van der Waals surface area contributed by atoms with E-state index in [2.05, 4.69) is 4.98 Å². The molecule has 2 aromatic heterocycles. The molecule has 0 unspecified atom stereocenters. The summed E-state index contributed by atoms with van der Waals surface area (Å²) in [4.78, 5) is 18.2. The zero-order valence-corrected chi connectivity index (χ0v) is 15.1. The van der Waals surface area contributed by atoms with Crippen molar-refractivity contribution in [3.8, 4) is 10.8 Å². The van der Waals surface area contributed by atoms with Crippen LogP contribution in [0.3, 0.4) is 0 Å². The van der Waals surface area contributed by atoms with Crippen LogP contribution >= 0.6 is 11.3 Å². The molecule has 0 atom stereocenters. The van der Waals surface area contributed by atoms with Crippen molar-refractivity contribution in [1.29, 1.82) is 0 Å². The molecule has 0 spiro atoms. The number of halogens is 1. The number of rotatable bonds is 5. The van der Waals surface area contributed by atoms with Gasteiger partial charge in [-0.15, -0.1) is 11.3 Å². The van der Waals surface area contributed by atoms with Gasteiger partial charge in [0.25, 0.3) is 0 Å². The van der Waals surface area contributed by atoms with Gasteiger partial charge in [-0.1, -0.05) is 24.6 Å². The minimum atomic E-state index is -0.665. The highest BCUT2D eigenvalue weighted by Crippen LogP contribution is 2.45. The molecular formula is C20H18FNO3S. The lowest BCUT2D eigenvalue weighted by Crippen LogP contribution is -2.43. The van der Waals surface area contributed by atoms with E-state index in [1.165, 1.54) is 12.1 Å². The molecule has 1 saturated carbocycles. The van der Waals surface area contributed by atoms with E-state index in [9.17, 15) is 9.18 Å². The predicted octanol–water partition coefficient (Wildman–Crippen LogP) is 5.02. The van der Waals surface area contributed by atoms with Crippen LogP contribution in [0, 0.1) is 12.7 Å². The van der Waals surface area contributed by atoms with Gasteiger partial charge in [-0.25, -0.2) is 9.37 Å². The first-order valence-electron chi connectivity index (χ1n) is 8.52. The van der Waals surface area contributed by atoms with E-state index in [0.717, 1.165) is 29.7 Å². The van der Waals surface area contributed by atoms with E-state index >= 15 is 0 Å². The molecule has 134 valence electrons. The van der Waals surface area contributed by atoms with Crippen LogP contribution in [-0.4, -0.2) is 11.0 Å². The molecule has 6 heteroatoms. The maximum atomic E-state index is 13.2. The number of aryl methyl sites for hydroxylation is 1. The molecule has 3 aromatic rings. The fraction of sp³-hybridized carbons (Fsp3) is 0.300. The summed E-state index contributed by atoms with van der Waals surface area (Å²) in [5.74, 6) is 0.595. The number of aromatic nitrogens is 1. The Labute approximate surface area is 154 Å². The molecule has 0 N–H and O–H groups in total. The minimum absolute atomic E-state index is 0.0719. The molecule has 4 rings (SSSR count). The zero-order chi connectivity index (χ0) is 18.1. The van der Waals surface area contributed by atoms with Crippen LogP contribution in [-0.2, 0) is 21.6 Å². The molecule has 2 heterocycles. The Bertz CT molecular complexity index is 911. The van der Waals surface area contributed by atoms with Crippen LogP contribution < -0.4 is 0 Å². The standard InChI is InChI=1S/C20H18FNO3S/c1-13-16(22-18(25-13)17-4-2-11-26-17)12-24-19(23)20(9-3-10-20)14-5-7-15(21)8-6-14/h2,4-8,11H,3,9-10,12H2,1H3. The summed E-state index contributed by atoms with van der Waals surface area (Å²) >= 11 is 1.54. The summed E-state index contributed by atoms with van der Waals surface area (Å²) in [6, 6.07) is 9.99. The number of thiophene rings is 1. The molecule has 1 aromatic carbocycles. The average molecular weight is 371 g/mol. The van der Waals surface area contributed by atoms with Gasteiger partial charge >= 0.3 is 5.97 Å². The maximum Gasteiger partial charge on any atom is 0.316 e. The summed E-state index contributed by atoms with van der Waals surface area (Å²) in [5, 5.41) is 1.96. The number of oxazole rings is 1. The van der Waals surface area contributed by atoms with Gasteiger partial charge in [0.2, 0.25) is 5.89 Å². The Hall–Kier alpha value is -2.47. The average Bonchev–Trinajstić information content (AvgIpc) is 3.23. The number of ether oxygens (including phenoxy) is 1. The normalized spacial score (nSPS) is 15.5. The summed E-state index contributed by atoms with van der Waals surface area (Å²) in [6.45, 7) is 1.88. The van der Waals surface area contributed by atoms with Gasteiger partial charge in [0, 0.05) is 0 Å². The molecule has 0 bridgehead atoms. The lowest BCUT2D eigenvalue weighted by atomic mass is 9.64. The molecule has 1 fully saturated rings. The summed E-state index contributed by atoms with van der Waals surface area (Å²) in [5.41, 5.74) is 0.767. The highest BCUT2D eigenvalue weighted by atomic mass is 32.1. The Morgan fingerprint density at radius 3 is 2.69 bits per heavy atom. The smallest absolute Gasteiger partial charge is 0.316 e. The third-order valence-corrected chi connectivity index (χ3v) is 5.82. The second-order valence-electron chi connectivity index (χ2n) is 6.52. The first-order valence-corrected chi connectivity index (χ1v) is 9.40. The highest BCUT2D eigenvalue weighted by molar-refractivity contribution is 7.13. The predicted molar refractivity (Wildman–Crippen MR) is 96.3 cm³/mol. The molecular weight excluding hydrogens is 353 g/mol. The van der Waals surface area contributed by atoms with Crippen LogP contribution in [0.1, 0.15) is 36.3 Å². The molecule has 0 radical (unpaired) electrons. The number of carbonyl (C=O) groups excluding carboxylic acids is 1. The van der Waals surface area contributed by atoms with Crippen molar-refractivity contribution < 1.29 is 18.3 Å². The maximum absolute atomic E-state index is 13.2. The van der Waals surface area contributed by atoms with E-state index in [4.69, 9.17) is 9.15 Å². The van der Waals surface area contributed by atoms with E-state index in [0.29, 0.717) is 17.3 Å². The lowest BCUT2D eigenvalue weighted by molar-refractivity contribution is -0.156. The third kappa shape index (κ3) is 2.94. The van der Waals surface area contributed by atoms with Crippen molar-refractivity contribution in [2.24, 2.45) is 0 Å². The van der Waals surface area contributed by atoms with E-state index < -0.39 is 5.41 Å². The van der Waals surface area contributed by atoms with Crippen molar-refractivity contribution in [3.63, 3.8) is 0 Å².